The fraction of sp³-hybridized carbons (Fsp3) is 0.296. The van der Waals surface area contributed by atoms with E-state index in [4.69, 9.17) is 9.47 Å². The topological polar surface area (TPSA) is 150 Å². The number of anilines is 1. The zero-order chi connectivity index (χ0) is 46.4. The van der Waals surface area contributed by atoms with Gasteiger partial charge in [0.1, 0.15) is 11.6 Å². The smallest absolute Gasteiger partial charge is 0.247 e. The minimum atomic E-state index is -4.00. The molecular weight excluding hydrogens is 863 g/mol. The van der Waals surface area contributed by atoms with Gasteiger partial charge in [-0.25, -0.2) is 8.42 Å². The van der Waals surface area contributed by atoms with Crippen LogP contribution in [0.5, 0.6) is 0 Å². The summed E-state index contributed by atoms with van der Waals surface area (Å²) in [6, 6.07) is 48.8. The molecule has 3 saturated heterocycles. The number of aliphatic hydroxyl groups is 1. The average Bonchev–Trinajstić information content (AvgIpc) is 3.68. The Labute approximate surface area is 393 Å². The summed E-state index contributed by atoms with van der Waals surface area (Å²) in [5.74, 6) is -0.346. The molecule has 3 aliphatic heterocycles. The molecule has 9 rings (SSSR count). The first-order chi connectivity index (χ1) is 32.6. The van der Waals surface area contributed by atoms with E-state index in [-0.39, 0.29) is 42.6 Å². The van der Waals surface area contributed by atoms with E-state index >= 15 is 0 Å². The van der Waals surface area contributed by atoms with Crippen molar-refractivity contribution < 1.29 is 32.6 Å². The standard InChI is InChI=1S/C54H57N5O7S/c1-38-16-26-47(27-17-38)67(63,64)57-49(32-39-10-4-2-5-11-39)51(61)55-34-44-12-8-9-15-48(44)41-22-24-43(25-23-41)52-65-46(33-50(66-52)42-20-18-40(36-60)19-21-42)35-58-30-28-54(29-31-58)53(62)56-37-59(54)45-13-6-3-7-14-45/h2-27,46,49-50,52,57,60H,28-37H2,1H3,(H,55,61)(H,56,62)/t46-,49-,50+,52+/m1/s1. The van der Waals surface area contributed by atoms with Crippen molar-refractivity contribution in [3.63, 3.8) is 0 Å². The highest BCUT2D eigenvalue weighted by molar-refractivity contribution is 7.89. The molecule has 0 aliphatic carbocycles. The maximum absolute atomic E-state index is 13.9. The third kappa shape index (κ3) is 10.5. The van der Waals surface area contributed by atoms with Gasteiger partial charge in [-0.15, -0.1) is 0 Å². The number of carbonyl (C=O) groups is 2. The van der Waals surface area contributed by atoms with E-state index in [0.29, 0.717) is 32.5 Å². The molecule has 2 amide bonds. The molecule has 4 atom stereocenters. The van der Waals surface area contributed by atoms with Crippen LogP contribution in [0.15, 0.2) is 163 Å². The minimum Gasteiger partial charge on any atom is -0.392 e. The van der Waals surface area contributed by atoms with Crippen LogP contribution in [0.3, 0.4) is 0 Å². The Morgan fingerprint density at radius 3 is 2.15 bits per heavy atom. The Morgan fingerprint density at radius 2 is 1.45 bits per heavy atom. The number of piperidine rings is 1. The molecule has 346 valence electrons. The van der Waals surface area contributed by atoms with Crippen LogP contribution in [0.2, 0.25) is 0 Å². The average molecular weight is 920 g/mol. The van der Waals surface area contributed by atoms with E-state index in [9.17, 15) is 23.1 Å². The number of ether oxygens (including phenoxy) is 2. The second kappa shape index (κ2) is 20.4. The summed E-state index contributed by atoms with van der Waals surface area (Å²) in [7, 11) is -4.00. The van der Waals surface area contributed by atoms with Crippen LogP contribution in [0.4, 0.5) is 5.69 Å². The van der Waals surface area contributed by atoms with E-state index in [2.05, 4.69) is 37.3 Å². The number of sulfonamides is 1. The molecule has 3 aliphatic rings. The van der Waals surface area contributed by atoms with Gasteiger partial charge in [0, 0.05) is 43.9 Å². The number of nitrogens with zero attached hydrogens (tertiary/aromatic N) is 2. The number of para-hydroxylation sites is 1. The third-order valence-corrected chi connectivity index (χ3v) is 14.8. The highest BCUT2D eigenvalue weighted by atomic mass is 32.2. The molecule has 3 fully saturated rings. The van der Waals surface area contributed by atoms with Crippen LogP contribution in [0.25, 0.3) is 11.1 Å². The Hall–Kier alpha value is -6.19. The van der Waals surface area contributed by atoms with Gasteiger partial charge in [-0.3, -0.25) is 9.59 Å². The molecule has 0 aromatic heterocycles. The number of likely N-dealkylation sites (tertiary alicyclic amines) is 1. The highest BCUT2D eigenvalue weighted by Crippen LogP contribution is 2.41. The molecule has 1 spiro atoms. The number of rotatable bonds is 15. The highest BCUT2D eigenvalue weighted by Gasteiger charge is 2.50. The predicted molar refractivity (Wildman–Crippen MR) is 258 cm³/mol. The van der Waals surface area contributed by atoms with Crippen LogP contribution in [0.1, 0.15) is 65.0 Å². The molecule has 12 nitrogen and oxygen atoms in total. The van der Waals surface area contributed by atoms with Crippen LogP contribution < -0.4 is 20.3 Å². The fourth-order valence-corrected chi connectivity index (χ4v) is 10.7. The summed E-state index contributed by atoms with van der Waals surface area (Å²) < 4.78 is 43.2. The minimum absolute atomic E-state index is 0.0387. The van der Waals surface area contributed by atoms with Crippen LogP contribution >= 0.6 is 0 Å². The van der Waals surface area contributed by atoms with Crippen molar-refractivity contribution in [3.8, 4) is 11.1 Å². The Morgan fingerprint density at radius 1 is 0.791 bits per heavy atom. The van der Waals surface area contributed by atoms with Crippen molar-refractivity contribution in [2.45, 2.75) is 80.7 Å². The SMILES string of the molecule is Cc1ccc(S(=O)(=O)N[C@H](Cc2ccccc2)C(=O)NCc2ccccc2-c2ccc([C@H]3O[C@@H](CN4CCC5(CC4)C(=O)NCN5c4ccccc4)C[C@@H](c4ccc(CO)cc4)O3)cc2)cc1. The number of amides is 2. The lowest BCUT2D eigenvalue weighted by Gasteiger charge is -2.45. The number of carbonyl (C=O) groups excluding carboxylic acids is 2. The number of nitrogens with one attached hydrogen (secondary N) is 3. The first-order valence-corrected chi connectivity index (χ1v) is 24.5. The number of aliphatic hydroxyl groups excluding tert-OH is 1. The number of aryl methyl sites for hydroxylation is 1. The molecular formula is C54H57N5O7S. The normalized spacial score (nSPS) is 20.1. The molecule has 0 radical (unpaired) electrons. The maximum atomic E-state index is 13.9. The van der Waals surface area contributed by atoms with E-state index in [1.54, 1.807) is 24.3 Å². The molecule has 3 heterocycles. The Kier molecular flexibility index (Phi) is 14.0. The van der Waals surface area contributed by atoms with Gasteiger partial charge in [0.25, 0.3) is 0 Å². The van der Waals surface area contributed by atoms with Gasteiger partial charge in [-0.1, -0.05) is 139 Å². The lowest BCUT2D eigenvalue weighted by atomic mass is 9.85. The summed E-state index contributed by atoms with van der Waals surface area (Å²) in [5, 5.41) is 15.9. The molecule has 0 saturated carbocycles. The van der Waals surface area contributed by atoms with Crippen molar-refractivity contribution in [1.29, 1.82) is 0 Å². The van der Waals surface area contributed by atoms with E-state index in [1.165, 1.54) is 0 Å². The zero-order valence-electron chi connectivity index (χ0n) is 37.6. The summed E-state index contributed by atoms with van der Waals surface area (Å²) >= 11 is 0. The monoisotopic (exact) mass is 919 g/mol. The van der Waals surface area contributed by atoms with Crippen molar-refractivity contribution in [3.05, 3.63) is 191 Å². The first-order valence-electron chi connectivity index (χ1n) is 23.0. The molecule has 0 bridgehead atoms. The molecule has 0 unspecified atom stereocenters. The summed E-state index contributed by atoms with van der Waals surface area (Å²) in [5.41, 5.74) is 7.65. The van der Waals surface area contributed by atoms with E-state index < -0.39 is 33.8 Å². The zero-order valence-corrected chi connectivity index (χ0v) is 38.4. The fourth-order valence-electron chi connectivity index (χ4n) is 9.55. The lowest BCUT2D eigenvalue weighted by Crippen LogP contribution is -2.57. The van der Waals surface area contributed by atoms with Gasteiger partial charge >= 0.3 is 0 Å². The van der Waals surface area contributed by atoms with Crippen LogP contribution in [-0.2, 0) is 48.7 Å². The van der Waals surface area contributed by atoms with Crippen LogP contribution in [-0.4, -0.2) is 74.2 Å². The van der Waals surface area contributed by atoms with Gasteiger partial charge in [-0.05, 0) is 83.8 Å². The number of benzene rings is 6. The predicted octanol–water partition coefficient (Wildman–Crippen LogP) is 7.33. The van der Waals surface area contributed by atoms with Crippen molar-refractivity contribution in [2.75, 3.05) is 31.2 Å². The van der Waals surface area contributed by atoms with Crippen LogP contribution in [0, 0.1) is 6.92 Å². The number of hydrogen-bond acceptors (Lipinski definition) is 9. The van der Waals surface area contributed by atoms with E-state index in [1.807, 2.05) is 128 Å². The largest absolute Gasteiger partial charge is 0.392 e. The molecule has 67 heavy (non-hydrogen) atoms. The lowest BCUT2D eigenvalue weighted by molar-refractivity contribution is -0.253. The van der Waals surface area contributed by atoms with Gasteiger partial charge in [0.05, 0.1) is 30.4 Å². The summed E-state index contributed by atoms with van der Waals surface area (Å²) in [6.45, 7) is 4.72. The Bertz CT molecular complexity index is 2730. The molecule has 13 heteroatoms. The quantitative estimate of drug-likeness (QED) is 0.0831. The summed E-state index contributed by atoms with van der Waals surface area (Å²) in [6.07, 6.45) is 1.17. The van der Waals surface area contributed by atoms with Crippen molar-refractivity contribution in [2.24, 2.45) is 0 Å². The van der Waals surface area contributed by atoms with Gasteiger partial charge in [0.15, 0.2) is 6.29 Å². The first kappa shape index (κ1) is 45.9. The van der Waals surface area contributed by atoms with Crippen molar-refractivity contribution >= 4 is 27.5 Å². The molecule has 6 aromatic rings. The van der Waals surface area contributed by atoms with E-state index in [0.717, 1.165) is 63.3 Å². The maximum Gasteiger partial charge on any atom is 0.247 e. The van der Waals surface area contributed by atoms with Gasteiger partial charge in [-0.2, -0.15) is 4.72 Å². The number of hydrogen-bond donors (Lipinski definition) is 4. The Balaban J connectivity index is 0.893. The molecule has 6 aromatic carbocycles. The third-order valence-electron chi connectivity index (χ3n) is 13.4. The second-order valence-electron chi connectivity index (χ2n) is 17.8. The van der Waals surface area contributed by atoms with Gasteiger partial charge < -0.3 is 35.0 Å². The summed E-state index contributed by atoms with van der Waals surface area (Å²) in [4.78, 5) is 32.0. The second-order valence-corrected chi connectivity index (χ2v) is 19.5. The molecule has 4 N–H and O–H groups in total. The van der Waals surface area contributed by atoms with Gasteiger partial charge in [0.2, 0.25) is 21.8 Å². The van der Waals surface area contributed by atoms with Crippen molar-refractivity contribution in [1.82, 2.24) is 20.3 Å².